The first-order valence-electron chi connectivity index (χ1n) is 6.05. The number of allylic oxidation sites excluding steroid dienone is 2. The van der Waals surface area contributed by atoms with Crippen molar-refractivity contribution >= 4 is 0 Å². The predicted octanol–water partition coefficient (Wildman–Crippen LogP) is 3.34. The minimum Gasteiger partial charge on any atom is -0.497 e. The average Bonchev–Trinajstić information content (AvgIpc) is 2.29. The molecular weight excluding hydrogens is 210 g/mol. The lowest BCUT2D eigenvalue weighted by atomic mass is 9.97. The Balaban J connectivity index is 2.76. The van der Waals surface area contributed by atoms with Crippen molar-refractivity contribution in [2.75, 3.05) is 21.2 Å². The zero-order valence-electron chi connectivity index (χ0n) is 11.5. The van der Waals surface area contributed by atoms with Crippen LogP contribution in [0.3, 0.4) is 0 Å². The van der Waals surface area contributed by atoms with Gasteiger partial charge in [0.25, 0.3) is 0 Å². The molecule has 2 heteroatoms. The van der Waals surface area contributed by atoms with Gasteiger partial charge in [0, 0.05) is 19.8 Å². The molecule has 0 heterocycles. The van der Waals surface area contributed by atoms with Gasteiger partial charge in [-0.2, -0.15) is 0 Å². The summed E-state index contributed by atoms with van der Waals surface area (Å²) in [7, 11) is 5.90. The van der Waals surface area contributed by atoms with E-state index in [1.165, 1.54) is 11.3 Å². The lowest BCUT2D eigenvalue weighted by molar-refractivity contribution is 0.412. The summed E-state index contributed by atoms with van der Waals surface area (Å²) in [6, 6.07) is 8.30. The quantitative estimate of drug-likeness (QED) is 0.773. The number of hydrogen-bond acceptors (Lipinski definition) is 2. The van der Waals surface area contributed by atoms with E-state index in [1.54, 1.807) is 7.11 Å². The Morgan fingerprint density at radius 2 is 2.12 bits per heavy atom. The Labute approximate surface area is 105 Å². The van der Waals surface area contributed by atoms with Crippen LogP contribution in [0.4, 0.5) is 0 Å². The highest BCUT2D eigenvalue weighted by Crippen LogP contribution is 2.21. The lowest BCUT2D eigenvalue weighted by Gasteiger charge is -2.23. The molecule has 0 bridgehead atoms. The Morgan fingerprint density at radius 1 is 1.41 bits per heavy atom. The van der Waals surface area contributed by atoms with Crippen molar-refractivity contribution in [3.8, 4) is 5.75 Å². The highest BCUT2D eigenvalue weighted by atomic mass is 16.5. The van der Waals surface area contributed by atoms with Gasteiger partial charge in [-0.25, -0.2) is 0 Å². The van der Waals surface area contributed by atoms with Crippen molar-refractivity contribution < 1.29 is 4.74 Å². The smallest absolute Gasteiger partial charge is 0.119 e. The molecule has 0 N–H and O–H groups in total. The number of ether oxygens (including phenoxy) is 1. The van der Waals surface area contributed by atoms with Gasteiger partial charge in [-0.05, 0) is 37.0 Å². The second kappa shape index (κ2) is 6.33. The lowest BCUT2D eigenvalue weighted by Crippen LogP contribution is -2.18. The van der Waals surface area contributed by atoms with Crippen molar-refractivity contribution in [2.45, 2.75) is 20.3 Å². The molecule has 0 aromatic heterocycles. The van der Waals surface area contributed by atoms with Crippen molar-refractivity contribution in [3.63, 3.8) is 0 Å². The summed E-state index contributed by atoms with van der Waals surface area (Å²) < 4.78 is 5.25. The van der Waals surface area contributed by atoms with Gasteiger partial charge >= 0.3 is 0 Å². The van der Waals surface area contributed by atoms with Crippen LogP contribution in [0.15, 0.2) is 36.0 Å². The van der Waals surface area contributed by atoms with Gasteiger partial charge in [0.2, 0.25) is 0 Å². The fourth-order valence-electron chi connectivity index (χ4n) is 2.24. The van der Waals surface area contributed by atoms with E-state index in [2.05, 4.69) is 51.1 Å². The van der Waals surface area contributed by atoms with Crippen LogP contribution in [-0.4, -0.2) is 26.1 Å². The topological polar surface area (TPSA) is 12.5 Å². The minimum absolute atomic E-state index is 0.516. The van der Waals surface area contributed by atoms with E-state index in [4.69, 9.17) is 4.74 Å². The van der Waals surface area contributed by atoms with Gasteiger partial charge in [0.1, 0.15) is 5.75 Å². The molecule has 1 atom stereocenters. The number of methoxy groups -OCH3 is 1. The van der Waals surface area contributed by atoms with Gasteiger partial charge in [-0.3, -0.25) is 0 Å². The molecule has 0 amide bonds. The second-order valence-electron chi connectivity index (χ2n) is 4.56. The minimum atomic E-state index is 0.516. The monoisotopic (exact) mass is 233 g/mol. The Hall–Kier alpha value is -1.44. The highest BCUT2D eigenvalue weighted by Gasteiger charge is 2.11. The number of nitrogens with zero attached hydrogens (tertiary/aromatic N) is 1. The number of hydrogen-bond donors (Lipinski definition) is 0. The summed E-state index contributed by atoms with van der Waals surface area (Å²) in [5, 5.41) is 0. The molecule has 1 rings (SSSR count). The van der Waals surface area contributed by atoms with Crippen LogP contribution in [-0.2, 0) is 6.42 Å². The third-order valence-corrected chi connectivity index (χ3v) is 2.99. The molecule has 0 saturated heterocycles. The van der Waals surface area contributed by atoms with Crippen molar-refractivity contribution in [1.82, 2.24) is 4.90 Å². The van der Waals surface area contributed by atoms with Crippen LogP contribution >= 0.6 is 0 Å². The Kier molecular flexibility index (Phi) is 5.08. The molecule has 0 aliphatic carbocycles. The molecule has 0 aliphatic heterocycles. The summed E-state index contributed by atoms with van der Waals surface area (Å²) in [4.78, 5) is 2.19. The van der Waals surface area contributed by atoms with Gasteiger partial charge in [0.15, 0.2) is 0 Å². The summed E-state index contributed by atoms with van der Waals surface area (Å²) in [5.74, 6) is 1.45. The maximum Gasteiger partial charge on any atom is 0.119 e. The molecule has 17 heavy (non-hydrogen) atoms. The van der Waals surface area contributed by atoms with Gasteiger partial charge in [-0.1, -0.05) is 25.1 Å². The predicted molar refractivity (Wildman–Crippen MR) is 73.3 cm³/mol. The molecular formula is C15H23NO. The van der Waals surface area contributed by atoms with Crippen LogP contribution in [0.25, 0.3) is 0 Å². The molecule has 1 aromatic carbocycles. The van der Waals surface area contributed by atoms with E-state index >= 15 is 0 Å². The van der Waals surface area contributed by atoms with Gasteiger partial charge in [0.05, 0.1) is 7.11 Å². The molecule has 0 fully saturated rings. The first-order chi connectivity index (χ1) is 8.08. The van der Waals surface area contributed by atoms with Crippen molar-refractivity contribution in [3.05, 3.63) is 41.6 Å². The van der Waals surface area contributed by atoms with Gasteiger partial charge < -0.3 is 9.64 Å². The van der Waals surface area contributed by atoms with E-state index in [0.717, 1.165) is 12.2 Å². The van der Waals surface area contributed by atoms with E-state index in [1.807, 2.05) is 12.1 Å². The SMILES string of the molecule is CC=C([C@H](C)Cc1cccc(OC)c1)N(C)C. The maximum absolute atomic E-state index is 5.25. The van der Waals surface area contributed by atoms with Crippen LogP contribution in [0.2, 0.25) is 0 Å². The maximum atomic E-state index is 5.25. The molecule has 0 spiro atoms. The zero-order chi connectivity index (χ0) is 12.8. The van der Waals surface area contributed by atoms with Gasteiger partial charge in [-0.15, -0.1) is 0 Å². The van der Waals surface area contributed by atoms with Crippen molar-refractivity contribution in [1.29, 1.82) is 0 Å². The molecule has 2 nitrogen and oxygen atoms in total. The summed E-state index contributed by atoms with van der Waals surface area (Å²) in [5.41, 5.74) is 2.69. The summed E-state index contributed by atoms with van der Waals surface area (Å²) in [6.45, 7) is 4.35. The van der Waals surface area contributed by atoms with Crippen LogP contribution in [0.5, 0.6) is 5.75 Å². The average molecular weight is 233 g/mol. The second-order valence-corrected chi connectivity index (χ2v) is 4.56. The molecule has 0 saturated carbocycles. The van der Waals surface area contributed by atoms with Crippen LogP contribution < -0.4 is 4.74 Å². The molecule has 0 radical (unpaired) electrons. The summed E-state index contributed by atoms with van der Waals surface area (Å²) >= 11 is 0. The fraction of sp³-hybridized carbons (Fsp3) is 0.467. The van der Waals surface area contributed by atoms with E-state index < -0.39 is 0 Å². The Bertz CT molecular complexity index is 382. The standard InChI is InChI=1S/C15H23NO/c1-6-15(16(3)4)12(2)10-13-8-7-9-14(11-13)17-5/h6-9,11-12H,10H2,1-5H3/t12-/m1/s1. The van der Waals surface area contributed by atoms with E-state index in [9.17, 15) is 0 Å². The molecule has 94 valence electrons. The van der Waals surface area contributed by atoms with Crippen molar-refractivity contribution in [2.24, 2.45) is 5.92 Å². The molecule has 0 unspecified atom stereocenters. The first kappa shape index (κ1) is 13.6. The van der Waals surface area contributed by atoms with E-state index in [0.29, 0.717) is 5.92 Å². The normalized spacial score (nSPS) is 13.4. The van der Waals surface area contributed by atoms with Crippen LogP contribution in [0.1, 0.15) is 19.4 Å². The molecule has 0 aliphatic rings. The Morgan fingerprint density at radius 3 is 2.65 bits per heavy atom. The first-order valence-corrected chi connectivity index (χ1v) is 6.05. The third kappa shape index (κ3) is 3.81. The number of benzene rings is 1. The molecule has 1 aromatic rings. The largest absolute Gasteiger partial charge is 0.497 e. The number of rotatable bonds is 5. The zero-order valence-corrected chi connectivity index (χ0v) is 11.5. The van der Waals surface area contributed by atoms with E-state index in [-0.39, 0.29) is 0 Å². The third-order valence-electron chi connectivity index (χ3n) is 2.99. The highest BCUT2D eigenvalue weighted by molar-refractivity contribution is 5.29. The van der Waals surface area contributed by atoms with Crippen LogP contribution in [0, 0.1) is 5.92 Å². The summed E-state index contributed by atoms with van der Waals surface area (Å²) in [6.07, 6.45) is 3.22. The fourth-order valence-corrected chi connectivity index (χ4v) is 2.24.